The summed E-state index contributed by atoms with van der Waals surface area (Å²) in [5.41, 5.74) is 0.415. The molecule has 0 unspecified atom stereocenters. The summed E-state index contributed by atoms with van der Waals surface area (Å²) >= 11 is 0. The fourth-order valence-electron chi connectivity index (χ4n) is 2.22. The molecule has 0 bridgehead atoms. The maximum absolute atomic E-state index is 12.2. The van der Waals surface area contributed by atoms with Crippen molar-refractivity contribution in [1.82, 2.24) is 20.0 Å². The van der Waals surface area contributed by atoms with Gasteiger partial charge in [-0.05, 0) is 26.8 Å². The van der Waals surface area contributed by atoms with E-state index in [1.165, 1.54) is 10.7 Å². The van der Waals surface area contributed by atoms with Crippen LogP contribution in [0.3, 0.4) is 0 Å². The van der Waals surface area contributed by atoms with Crippen LogP contribution in [0.25, 0.3) is 0 Å². The summed E-state index contributed by atoms with van der Waals surface area (Å²) in [6.45, 7) is 4.17. The molecule has 0 radical (unpaired) electrons. The number of rotatable bonds is 8. The van der Waals surface area contributed by atoms with Crippen LogP contribution in [0, 0.1) is 0 Å². The molecule has 0 saturated heterocycles. The zero-order valence-electron chi connectivity index (χ0n) is 12.6. The lowest BCUT2D eigenvalue weighted by Crippen LogP contribution is -2.38. The summed E-state index contributed by atoms with van der Waals surface area (Å²) in [4.78, 5) is 26.0. The number of likely N-dealkylation sites (N-methyl/N-ethyl adjacent to an activating group) is 2. The molecule has 21 heavy (non-hydrogen) atoms. The van der Waals surface area contributed by atoms with Crippen molar-refractivity contribution >= 4 is 11.6 Å². The van der Waals surface area contributed by atoms with Crippen molar-refractivity contribution in [3.63, 3.8) is 0 Å². The molecule has 1 heterocycles. The van der Waals surface area contributed by atoms with Crippen LogP contribution in [0.4, 0.5) is 5.69 Å². The minimum absolute atomic E-state index is 0.0139. The lowest BCUT2D eigenvalue weighted by atomic mass is 10.4. The number of carbonyl (C=O) groups excluding carboxylic acids is 1. The minimum atomic E-state index is -0.260. The van der Waals surface area contributed by atoms with Crippen molar-refractivity contribution in [3.05, 3.63) is 22.6 Å². The number of carbonyl (C=O) groups is 1. The van der Waals surface area contributed by atoms with E-state index < -0.39 is 0 Å². The molecule has 2 rings (SSSR count). The number of hydrogen-bond acceptors (Lipinski definition) is 5. The molecular weight excluding hydrogens is 270 g/mol. The first-order valence-corrected chi connectivity index (χ1v) is 7.40. The fraction of sp³-hybridized carbons (Fsp3) is 0.643. The van der Waals surface area contributed by atoms with E-state index in [9.17, 15) is 9.59 Å². The Morgan fingerprint density at radius 2 is 2.24 bits per heavy atom. The third-order valence-electron chi connectivity index (χ3n) is 3.51. The van der Waals surface area contributed by atoms with Crippen LogP contribution < -0.4 is 16.2 Å². The Bertz CT molecular complexity index is 538. The van der Waals surface area contributed by atoms with Gasteiger partial charge in [-0.15, -0.1) is 0 Å². The van der Waals surface area contributed by atoms with Gasteiger partial charge in [-0.3, -0.25) is 9.59 Å². The maximum atomic E-state index is 12.2. The Kier molecular flexibility index (Phi) is 5.32. The lowest BCUT2D eigenvalue weighted by Gasteiger charge is -2.20. The lowest BCUT2D eigenvalue weighted by molar-refractivity contribution is -0.132. The van der Waals surface area contributed by atoms with E-state index in [1.807, 2.05) is 18.9 Å². The van der Waals surface area contributed by atoms with Gasteiger partial charge in [0.1, 0.15) is 6.54 Å². The van der Waals surface area contributed by atoms with Crippen LogP contribution in [-0.2, 0) is 11.3 Å². The molecule has 0 atom stereocenters. The van der Waals surface area contributed by atoms with Crippen molar-refractivity contribution in [2.45, 2.75) is 32.4 Å². The Labute approximate surface area is 124 Å². The standard InChI is InChI=1S/C14H23N5O2/c1-3-18(12-4-5-12)14(21)10-19-13(20)8-11(9-17-19)16-7-6-15-2/h8-9,12,15-16H,3-7,10H2,1-2H3. The predicted octanol–water partition coefficient (Wildman–Crippen LogP) is -0.114. The van der Waals surface area contributed by atoms with E-state index in [0.717, 1.165) is 19.4 Å². The topological polar surface area (TPSA) is 79.3 Å². The Morgan fingerprint density at radius 1 is 1.48 bits per heavy atom. The number of nitrogens with zero attached hydrogens (tertiary/aromatic N) is 3. The van der Waals surface area contributed by atoms with Gasteiger partial charge in [0.05, 0.1) is 11.9 Å². The van der Waals surface area contributed by atoms with E-state index in [-0.39, 0.29) is 18.0 Å². The molecule has 1 amide bonds. The summed E-state index contributed by atoms with van der Waals surface area (Å²) in [5.74, 6) is -0.0366. The highest BCUT2D eigenvalue weighted by molar-refractivity contribution is 5.76. The van der Waals surface area contributed by atoms with E-state index in [1.54, 1.807) is 6.20 Å². The molecule has 1 aliphatic rings. The van der Waals surface area contributed by atoms with Gasteiger partial charge in [-0.2, -0.15) is 5.10 Å². The van der Waals surface area contributed by atoms with Gasteiger partial charge in [-0.1, -0.05) is 0 Å². The summed E-state index contributed by atoms with van der Waals surface area (Å²) in [5, 5.41) is 10.2. The van der Waals surface area contributed by atoms with E-state index >= 15 is 0 Å². The maximum Gasteiger partial charge on any atom is 0.269 e. The number of hydrogen-bond donors (Lipinski definition) is 2. The smallest absolute Gasteiger partial charge is 0.269 e. The van der Waals surface area contributed by atoms with Crippen molar-refractivity contribution in [1.29, 1.82) is 0 Å². The van der Waals surface area contributed by atoms with Crippen molar-refractivity contribution in [2.24, 2.45) is 0 Å². The number of amides is 1. The Morgan fingerprint density at radius 3 is 2.81 bits per heavy atom. The van der Waals surface area contributed by atoms with E-state index in [2.05, 4.69) is 15.7 Å². The van der Waals surface area contributed by atoms with Gasteiger partial charge in [0.2, 0.25) is 5.91 Å². The molecule has 7 nitrogen and oxygen atoms in total. The molecule has 0 aliphatic heterocycles. The summed E-state index contributed by atoms with van der Waals surface area (Å²) < 4.78 is 1.22. The molecule has 116 valence electrons. The normalized spacial score (nSPS) is 14.0. The average Bonchev–Trinajstić information content (AvgIpc) is 3.27. The van der Waals surface area contributed by atoms with Crippen LogP contribution in [0.1, 0.15) is 19.8 Å². The first-order chi connectivity index (χ1) is 10.2. The first-order valence-electron chi connectivity index (χ1n) is 7.40. The highest BCUT2D eigenvalue weighted by atomic mass is 16.2. The highest BCUT2D eigenvalue weighted by Gasteiger charge is 2.31. The summed E-state index contributed by atoms with van der Waals surface area (Å²) in [6.07, 6.45) is 3.71. The monoisotopic (exact) mass is 293 g/mol. The summed E-state index contributed by atoms with van der Waals surface area (Å²) in [6, 6.07) is 1.84. The molecule has 0 aromatic carbocycles. The first kappa shape index (κ1) is 15.5. The fourth-order valence-corrected chi connectivity index (χ4v) is 2.22. The van der Waals surface area contributed by atoms with Gasteiger partial charge in [0, 0.05) is 31.7 Å². The van der Waals surface area contributed by atoms with Crippen LogP contribution >= 0.6 is 0 Å². The third kappa shape index (κ3) is 4.29. The largest absolute Gasteiger partial charge is 0.382 e. The van der Waals surface area contributed by atoms with Crippen molar-refractivity contribution in [3.8, 4) is 0 Å². The van der Waals surface area contributed by atoms with Gasteiger partial charge < -0.3 is 15.5 Å². The average molecular weight is 293 g/mol. The molecule has 7 heteroatoms. The third-order valence-corrected chi connectivity index (χ3v) is 3.51. The number of aromatic nitrogens is 2. The number of nitrogens with one attached hydrogen (secondary N) is 2. The van der Waals surface area contributed by atoms with E-state index in [4.69, 9.17) is 0 Å². The van der Waals surface area contributed by atoms with Crippen molar-refractivity contribution < 1.29 is 4.79 Å². The molecule has 1 fully saturated rings. The summed E-state index contributed by atoms with van der Waals surface area (Å²) in [7, 11) is 1.86. The highest BCUT2D eigenvalue weighted by Crippen LogP contribution is 2.26. The quantitative estimate of drug-likeness (QED) is 0.654. The zero-order chi connectivity index (χ0) is 15.2. The zero-order valence-corrected chi connectivity index (χ0v) is 12.6. The molecule has 1 aromatic heterocycles. The Hall–Kier alpha value is -1.89. The second-order valence-electron chi connectivity index (χ2n) is 5.18. The van der Waals surface area contributed by atoms with Gasteiger partial charge in [0.15, 0.2) is 0 Å². The van der Waals surface area contributed by atoms with Crippen LogP contribution in [0.15, 0.2) is 17.1 Å². The second kappa shape index (κ2) is 7.21. The Balaban J connectivity index is 1.97. The van der Waals surface area contributed by atoms with E-state index in [0.29, 0.717) is 24.8 Å². The molecular formula is C14H23N5O2. The van der Waals surface area contributed by atoms with Crippen molar-refractivity contribution in [2.75, 3.05) is 32.0 Å². The molecule has 0 spiro atoms. The van der Waals surface area contributed by atoms with Gasteiger partial charge in [-0.25, -0.2) is 4.68 Å². The second-order valence-corrected chi connectivity index (χ2v) is 5.18. The minimum Gasteiger partial charge on any atom is -0.382 e. The SMILES string of the molecule is CCN(C(=O)Cn1ncc(NCCNC)cc1=O)C1CC1. The van der Waals surface area contributed by atoms with Crippen LogP contribution in [0.5, 0.6) is 0 Å². The number of anilines is 1. The molecule has 1 saturated carbocycles. The van der Waals surface area contributed by atoms with Crippen LogP contribution in [-0.4, -0.2) is 53.3 Å². The van der Waals surface area contributed by atoms with Gasteiger partial charge >= 0.3 is 0 Å². The predicted molar refractivity (Wildman–Crippen MR) is 81.3 cm³/mol. The van der Waals surface area contributed by atoms with Gasteiger partial charge in [0.25, 0.3) is 5.56 Å². The van der Waals surface area contributed by atoms with Crippen LogP contribution in [0.2, 0.25) is 0 Å². The molecule has 1 aromatic rings. The molecule has 2 N–H and O–H groups in total. The molecule has 1 aliphatic carbocycles.